The molecule has 0 aromatic carbocycles. The number of thioether (sulfide) groups is 1. The van der Waals surface area contributed by atoms with E-state index in [1.165, 1.54) is 11.8 Å². The summed E-state index contributed by atoms with van der Waals surface area (Å²) in [6, 6.07) is -0.909. The number of carbonyl (C=O) groups is 3. The molecule has 0 saturated carbocycles. The van der Waals surface area contributed by atoms with E-state index in [1.807, 2.05) is 0 Å². The first-order valence-corrected chi connectivity index (χ1v) is 5.97. The Morgan fingerprint density at radius 3 is 2.76 bits per heavy atom. The molecule has 0 rings (SSSR count). The molecule has 0 aliphatic rings. The number of rotatable bonds is 9. The van der Waals surface area contributed by atoms with Crippen molar-refractivity contribution in [1.29, 1.82) is 0 Å². The van der Waals surface area contributed by atoms with E-state index in [9.17, 15) is 14.4 Å². The van der Waals surface area contributed by atoms with Crippen molar-refractivity contribution in [2.45, 2.75) is 12.5 Å². The number of nitrogens with one attached hydrogen (secondary N) is 2. The Balaban J connectivity index is 3.68. The van der Waals surface area contributed by atoms with Gasteiger partial charge in [-0.1, -0.05) is 5.92 Å². The van der Waals surface area contributed by atoms with Crippen molar-refractivity contribution in [2.75, 3.05) is 18.1 Å². The van der Waals surface area contributed by atoms with Gasteiger partial charge in [-0.25, -0.2) is 4.79 Å². The molecule has 0 heterocycles. The third-order valence-electron chi connectivity index (χ3n) is 1.74. The summed E-state index contributed by atoms with van der Waals surface area (Å²) in [5.41, 5.74) is 0. The van der Waals surface area contributed by atoms with Crippen molar-refractivity contribution in [1.82, 2.24) is 10.6 Å². The van der Waals surface area contributed by atoms with Crippen molar-refractivity contribution in [2.24, 2.45) is 0 Å². The van der Waals surface area contributed by atoms with Crippen LogP contribution >= 0.6 is 11.8 Å². The molecule has 17 heavy (non-hydrogen) atoms. The van der Waals surface area contributed by atoms with Crippen LogP contribution < -0.4 is 10.6 Å². The van der Waals surface area contributed by atoms with Crippen LogP contribution in [0, 0.1) is 12.3 Å². The molecular formula is C10H14N2O4S. The molecule has 0 fully saturated rings. The second-order valence-electron chi connectivity index (χ2n) is 3.00. The van der Waals surface area contributed by atoms with Gasteiger partial charge in [-0.2, -0.15) is 11.8 Å². The minimum atomic E-state index is -1.09. The van der Waals surface area contributed by atoms with Gasteiger partial charge in [0.25, 0.3) is 0 Å². The van der Waals surface area contributed by atoms with Gasteiger partial charge in [0, 0.05) is 0 Å². The molecule has 94 valence electrons. The van der Waals surface area contributed by atoms with E-state index in [0.717, 1.165) is 0 Å². The average Bonchev–Trinajstić information content (AvgIpc) is 2.30. The van der Waals surface area contributed by atoms with E-state index in [4.69, 9.17) is 11.5 Å². The largest absolute Gasteiger partial charge is 0.480 e. The molecule has 7 heteroatoms. The van der Waals surface area contributed by atoms with Crippen LogP contribution in [0.2, 0.25) is 0 Å². The number of carboxylic acid groups (broad SMARTS) is 1. The van der Waals surface area contributed by atoms with Crippen molar-refractivity contribution >= 4 is 30.0 Å². The van der Waals surface area contributed by atoms with Crippen LogP contribution in [0.5, 0.6) is 0 Å². The highest BCUT2D eigenvalue weighted by Crippen LogP contribution is 2.04. The second-order valence-corrected chi connectivity index (χ2v) is 4.10. The van der Waals surface area contributed by atoms with Crippen molar-refractivity contribution < 1.29 is 19.5 Å². The molecule has 0 radical (unpaired) electrons. The van der Waals surface area contributed by atoms with E-state index in [2.05, 4.69) is 16.6 Å². The van der Waals surface area contributed by atoms with Gasteiger partial charge < -0.3 is 15.7 Å². The second kappa shape index (κ2) is 9.54. The van der Waals surface area contributed by atoms with Gasteiger partial charge in [0.2, 0.25) is 12.3 Å². The number of amides is 2. The minimum absolute atomic E-state index is 0.184. The van der Waals surface area contributed by atoms with Gasteiger partial charge in [0.1, 0.15) is 6.04 Å². The highest BCUT2D eigenvalue weighted by molar-refractivity contribution is 7.99. The fraction of sp³-hybridized carbons (Fsp3) is 0.500. The van der Waals surface area contributed by atoms with Crippen LogP contribution in [0.1, 0.15) is 6.42 Å². The summed E-state index contributed by atoms with van der Waals surface area (Å²) in [6.45, 7) is 0.184. The first kappa shape index (κ1) is 15.3. The number of terminal acetylenes is 1. The van der Waals surface area contributed by atoms with Gasteiger partial charge in [-0.05, 0) is 12.2 Å². The third kappa shape index (κ3) is 8.16. The molecular weight excluding hydrogens is 244 g/mol. The first-order valence-electron chi connectivity index (χ1n) is 4.82. The van der Waals surface area contributed by atoms with Crippen molar-refractivity contribution in [3.05, 3.63) is 0 Å². The van der Waals surface area contributed by atoms with E-state index >= 15 is 0 Å². The van der Waals surface area contributed by atoms with E-state index in [1.54, 1.807) is 0 Å². The molecule has 0 aromatic heterocycles. The van der Waals surface area contributed by atoms with Crippen molar-refractivity contribution in [3.63, 3.8) is 0 Å². The van der Waals surface area contributed by atoms with Crippen LogP contribution in [0.4, 0.5) is 0 Å². The minimum Gasteiger partial charge on any atom is -0.480 e. The smallest absolute Gasteiger partial charge is 0.326 e. The van der Waals surface area contributed by atoms with Gasteiger partial charge in [-0.3, -0.25) is 9.59 Å². The fourth-order valence-electron chi connectivity index (χ4n) is 0.927. The fourth-order valence-corrected chi connectivity index (χ4v) is 1.76. The van der Waals surface area contributed by atoms with Crippen LogP contribution in [0.3, 0.4) is 0 Å². The maximum Gasteiger partial charge on any atom is 0.326 e. The van der Waals surface area contributed by atoms with Crippen LogP contribution in [0.25, 0.3) is 0 Å². The van der Waals surface area contributed by atoms with E-state index < -0.39 is 12.0 Å². The molecule has 0 bridgehead atoms. The third-order valence-corrected chi connectivity index (χ3v) is 2.73. The van der Waals surface area contributed by atoms with Crippen molar-refractivity contribution in [3.8, 4) is 12.3 Å². The molecule has 0 spiro atoms. The highest BCUT2D eigenvalue weighted by atomic mass is 32.2. The Hall–Kier alpha value is -1.68. The molecule has 1 unspecified atom stereocenters. The van der Waals surface area contributed by atoms with Crippen LogP contribution in [-0.2, 0) is 14.4 Å². The Labute approximate surface area is 104 Å². The molecule has 0 aliphatic heterocycles. The van der Waals surface area contributed by atoms with Gasteiger partial charge in [-0.15, -0.1) is 6.42 Å². The maximum atomic E-state index is 11.1. The lowest BCUT2D eigenvalue weighted by Gasteiger charge is -2.10. The maximum absolute atomic E-state index is 11.1. The average molecular weight is 258 g/mol. The van der Waals surface area contributed by atoms with E-state index in [0.29, 0.717) is 12.2 Å². The SMILES string of the molecule is C#CCNC(=O)CSCCC(NC=O)C(=O)O. The number of hydrogen-bond donors (Lipinski definition) is 3. The molecule has 2 amide bonds. The Kier molecular flexibility index (Phi) is 8.60. The summed E-state index contributed by atoms with van der Waals surface area (Å²) in [5, 5.41) is 13.4. The highest BCUT2D eigenvalue weighted by Gasteiger charge is 2.15. The first-order chi connectivity index (χ1) is 8.11. The quantitative estimate of drug-likeness (QED) is 0.282. The Morgan fingerprint density at radius 2 is 2.24 bits per heavy atom. The summed E-state index contributed by atoms with van der Waals surface area (Å²) in [7, 11) is 0. The summed E-state index contributed by atoms with van der Waals surface area (Å²) < 4.78 is 0. The van der Waals surface area contributed by atoms with E-state index in [-0.39, 0.29) is 24.6 Å². The van der Waals surface area contributed by atoms with Crippen LogP contribution in [0.15, 0.2) is 0 Å². The zero-order valence-corrected chi connectivity index (χ0v) is 9.96. The summed E-state index contributed by atoms with van der Waals surface area (Å²) in [5.74, 6) is 1.67. The van der Waals surface area contributed by atoms with Gasteiger partial charge in [0.15, 0.2) is 0 Å². The number of aliphatic carboxylic acids is 1. The summed E-state index contributed by atoms with van der Waals surface area (Å²) in [6.07, 6.45) is 5.58. The lowest BCUT2D eigenvalue weighted by molar-refractivity contribution is -0.140. The molecule has 1 atom stereocenters. The molecule has 0 aromatic rings. The number of hydrogen-bond acceptors (Lipinski definition) is 4. The lowest BCUT2D eigenvalue weighted by atomic mass is 10.2. The Morgan fingerprint density at radius 1 is 1.53 bits per heavy atom. The predicted octanol–water partition coefficient (Wildman–Crippen LogP) is -0.942. The number of carboxylic acids is 1. The number of carbonyl (C=O) groups excluding carboxylic acids is 2. The summed E-state index contributed by atoms with van der Waals surface area (Å²) in [4.78, 5) is 31.8. The molecule has 0 aliphatic carbocycles. The van der Waals surface area contributed by atoms with Crippen LogP contribution in [-0.4, -0.2) is 47.5 Å². The normalized spacial score (nSPS) is 11.0. The summed E-state index contributed by atoms with van der Waals surface area (Å²) >= 11 is 1.28. The van der Waals surface area contributed by atoms with Gasteiger partial charge >= 0.3 is 5.97 Å². The Bertz CT molecular complexity index is 314. The zero-order chi connectivity index (χ0) is 13.1. The monoisotopic (exact) mass is 258 g/mol. The molecule has 6 nitrogen and oxygen atoms in total. The molecule has 3 N–H and O–H groups in total. The topological polar surface area (TPSA) is 95.5 Å². The standard InChI is InChI=1S/C10H14N2O4S/c1-2-4-11-9(14)6-17-5-3-8(10(15)16)12-7-13/h1,7-8H,3-6H2,(H,11,14)(H,12,13)(H,15,16). The lowest BCUT2D eigenvalue weighted by Crippen LogP contribution is -2.36. The zero-order valence-electron chi connectivity index (χ0n) is 9.14. The molecule has 0 saturated heterocycles. The van der Waals surface area contributed by atoms with Gasteiger partial charge in [0.05, 0.1) is 12.3 Å². The predicted molar refractivity (Wildman–Crippen MR) is 64.4 cm³/mol.